The van der Waals surface area contributed by atoms with Crippen molar-refractivity contribution in [2.75, 3.05) is 5.32 Å². The Balaban J connectivity index is 1.43. The fourth-order valence-corrected chi connectivity index (χ4v) is 4.23. The summed E-state index contributed by atoms with van der Waals surface area (Å²) in [6, 6.07) is 13.5. The van der Waals surface area contributed by atoms with Gasteiger partial charge in [0.2, 0.25) is 5.91 Å². The summed E-state index contributed by atoms with van der Waals surface area (Å²) < 4.78 is 37.5. The molecule has 1 amide bonds. The van der Waals surface area contributed by atoms with E-state index in [1.54, 1.807) is 31.2 Å². The summed E-state index contributed by atoms with van der Waals surface area (Å²) in [4.78, 5) is 12.7. The van der Waals surface area contributed by atoms with Gasteiger partial charge < -0.3 is 14.8 Å². The number of carbonyl (C=O) groups excluding carboxylic acids is 1. The maximum Gasteiger partial charge on any atom is 0.387 e. The van der Waals surface area contributed by atoms with Crippen molar-refractivity contribution in [1.29, 1.82) is 0 Å². The fraction of sp³-hybridized carbons (Fsp3) is 0.318. The number of benzene rings is 2. The van der Waals surface area contributed by atoms with Crippen molar-refractivity contribution in [3.63, 3.8) is 0 Å². The van der Waals surface area contributed by atoms with Crippen LogP contribution in [0.3, 0.4) is 0 Å². The fourth-order valence-electron chi connectivity index (χ4n) is 3.10. The molecule has 33 heavy (non-hydrogen) atoms. The molecule has 1 aliphatic carbocycles. The van der Waals surface area contributed by atoms with E-state index >= 15 is 0 Å². The minimum Gasteiger partial charge on any atom is -0.484 e. The Morgan fingerprint density at radius 3 is 2.58 bits per heavy atom. The number of anilines is 1. The van der Waals surface area contributed by atoms with Gasteiger partial charge >= 0.3 is 6.61 Å². The topological polar surface area (TPSA) is 78.3 Å². The Hall–Kier alpha value is -2.85. The SMILES string of the molecule is C[C@@H](Sc1nnc(COc2ccccc2Cl)n1C1CC1)C(=O)Nc1ccccc1OC(F)F. The van der Waals surface area contributed by atoms with Crippen molar-refractivity contribution >= 4 is 35.0 Å². The molecule has 2 aromatic carbocycles. The molecule has 1 atom stereocenters. The van der Waals surface area contributed by atoms with Gasteiger partial charge in [-0.2, -0.15) is 8.78 Å². The van der Waals surface area contributed by atoms with Gasteiger partial charge in [-0.1, -0.05) is 47.6 Å². The molecule has 174 valence electrons. The van der Waals surface area contributed by atoms with E-state index in [2.05, 4.69) is 20.3 Å². The second-order valence-corrected chi connectivity index (χ2v) is 9.06. The first-order valence-electron chi connectivity index (χ1n) is 10.2. The van der Waals surface area contributed by atoms with Gasteiger partial charge in [0.15, 0.2) is 11.0 Å². The molecule has 3 aromatic rings. The highest BCUT2D eigenvalue weighted by Gasteiger charge is 2.31. The molecule has 1 saturated carbocycles. The summed E-state index contributed by atoms with van der Waals surface area (Å²) in [6.45, 7) is -1.09. The quantitative estimate of drug-likeness (QED) is 0.371. The van der Waals surface area contributed by atoms with Crippen LogP contribution < -0.4 is 14.8 Å². The second-order valence-electron chi connectivity index (χ2n) is 7.34. The van der Waals surface area contributed by atoms with E-state index in [0.29, 0.717) is 21.8 Å². The third-order valence-corrected chi connectivity index (χ3v) is 6.22. The zero-order valence-electron chi connectivity index (χ0n) is 17.6. The van der Waals surface area contributed by atoms with Crippen LogP contribution in [-0.2, 0) is 11.4 Å². The van der Waals surface area contributed by atoms with E-state index < -0.39 is 11.9 Å². The number of hydrogen-bond donors (Lipinski definition) is 1. The number of amides is 1. The lowest BCUT2D eigenvalue weighted by Gasteiger charge is -2.15. The van der Waals surface area contributed by atoms with Crippen LogP contribution in [0.4, 0.5) is 14.5 Å². The Labute approximate surface area is 198 Å². The van der Waals surface area contributed by atoms with E-state index in [1.807, 2.05) is 16.7 Å². The molecule has 11 heteroatoms. The normalized spacial score (nSPS) is 14.2. The summed E-state index contributed by atoms with van der Waals surface area (Å²) in [7, 11) is 0. The van der Waals surface area contributed by atoms with Gasteiger partial charge in [0.05, 0.1) is 16.0 Å². The van der Waals surface area contributed by atoms with E-state index in [-0.39, 0.29) is 30.0 Å². The van der Waals surface area contributed by atoms with Gasteiger partial charge in [-0.05, 0) is 44.0 Å². The minimum atomic E-state index is -2.99. The largest absolute Gasteiger partial charge is 0.484 e. The van der Waals surface area contributed by atoms with Crippen LogP contribution in [-0.4, -0.2) is 32.5 Å². The van der Waals surface area contributed by atoms with Crippen molar-refractivity contribution in [3.05, 3.63) is 59.4 Å². The molecule has 0 spiro atoms. The van der Waals surface area contributed by atoms with Crippen LogP contribution in [0.2, 0.25) is 5.02 Å². The molecular formula is C22H21ClF2N4O3S. The molecular weight excluding hydrogens is 474 g/mol. The summed E-state index contributed by atoms with van der Waals surface area (Å²) in [5.74, 6) is 0.724. The number of nitrogens with zero attached hydrogens (tertiary/aromatic N) is 3. The van der Waals surface area contributed by atoms with Crippen LogP contribution in [0.15, 0.2) is 53.7 Å². The molecule has 1 aromatic heterocycles. The molecule has 0 radical (unpaired) electrons. The molecule has 1 fully saturated rings. The van der Waals surface area contributed by atoms with E-state index in [1.165, 1.54) is 23.9 Å². The summed E-state index contributed by atoms with van der Waals surface area (Å²) in [5, 5.41) is 11.7. The molecule has 0 bridgehead atoms. The monoisotopic (exact) mass is 494 g/mol. The van der Waals surface area contributed by atoms with Gasteiger partial charge in [0, 0.05) is 6.04 Å². The zero-order chi connectivity index (χ0) is 23.4. The maximum absolute atomic E-state index is 12.7. The van der Waals surface area contributed by atoms with Crippen LogP contribution in [0.1, 0.15) is 31.6 Å². The summed E-state index contributed by atoms with van der Waals surface area (Å²) in [6.07, 6.45) is 1.98. The number of halogens is 3. The third kappa shape index (κ3) is 5.94. The van der Waals surface area contributed by atoms with E-state index in [4.69, 9.17) is 16.3 Å². The number of ether oxygens (including phenoxy) is 2. The highest BCUT2D eigenvalue weighted by atomic mass is 35.5. The minimum absolute atomic E-state index is 0.0989. The lowest BCUT2D eigenvalue weighted by molar-refractivity contribution is -0.115. The molecule has 0 aliphatic heterocycles. The van der Waals surface area contributed by atoms with E-state index in [0.717, 1.165) is 12.8 Å². The first-order chi connectivity index (χ1) is 15.9. The lowest BCUT2D eigenvalue weighted by Crippen LogP contribution is -2.23. The Morgan fingerprint density at radius 1 is 1.18 bits per heavy atom. The van der Waals surface area contributed by atoms with Gasteiger partial charge in [0.1, 0.15) is 18.1 Å². The number of aromatic nitrogens is 3. The highest BCUT2D eigenvalue weighted by Crippen LogP contribution is 2.40. The Kier molecular flexibility index (Phi) is 7.34. The number of thioether (sulfide) groups is 1. The van der Waals surface area contributed by atoms with Gasteiger partial charge in [0.25, 0.3) is 0 Å². The van der Waals surface area contributed by atoms with Crippen LogP contribution in [0.25, 0.3) is 0 Å². The lowest BCUT2D eigenvalue weighted by atomic mass is 10.3. The average molecular weight is 495 g/mol. The maximum atomic E-state index is 12.7. The van der Waals surface area contributed by atoms with Crippen molar-refractivity contribution in [3.8, 4) is 11.5 Å². The first-order valence-corrected chi connectivity index (χ1v) is 11.5. The number of hydrogen-bond acceptors (Lipinski definition) is 6. The molecule has 4 rings (SSSR count). The number of rotatable bonds is 10. The van der Waals surface area contributed by atoms with Crippen molar-refractivity contribution in [2.24, 2.45) is 0 Å². The molecule has 7 nitrogen and oxygen atoms in total. The predicted molar refractivity (Wildman–Crippen MR) is 121 cm³/mol. The van der Waals surface area contributed by atoms with Gasteiger partial charge in [-0.25, -0.2) is 0 Å². The average Bonchev–Trinajstić information content (AvgIpc) is 3.55. The molecule has 1 N–H and O–H groups in total. The van der Waals surface area contributed by atoms with Crippen LogP contribution in [0.5, 0.6) is 11.5 Å². The van der Waals surface area contributed by atoms with Crippen LogP contribution in [0, 0.1) is 0 Å². The van der Waals surface area contributed by atoms with Gasteiger partial charge in [-0.3, -0.25) is 9.36 Å². The molecule has 0 unspecified atom stereocenters. The van der Waals surface area contributed by atoms with Crippen molar-refractivity contribution in [2.45, 2.75) is 49.4 Å². The van der Waals surface area contributed by atoms with Crippen LogP contribution >= 0.6 is 23.4 Å². The molecule has 1 aliphatic rings. The highest BCUT2D eigenvalue weighted by molar-refractivity contribution is 8.00. The molecule has 0 saturated heterocycles. The number of nitrogens with one attached hydrogen (secondary N) is 1. The number of para-hydroxylation sites is 3. The van der Waals surface area contributed by atoms with E-state index in [9.17, 15) is 13.6 Å². The van der Waals surface area contributed by atoms with Crippen molar-refractivity contribution < 1.29 is 23.0 Å². The Bertz CT molecular complexity index is 1130. The first kappa shape index (κ1) is 23.3. The Morgan fingerprint density at radius 2 is 1.88 bits per heavy atom. The third-order valence-electron chi connectivity index (χ3n) is 4.85. The smallest absolute Gasteiger partial charge is 0.387 e. The number of alkyl halides is 2. The summed E-state index contributed by atoms with van der Waals surface area (Å²) in [5.41, 5.74) is 0.174. The standard InChI is InChI=1S/C22H21ClF2N4O3S/c1-13(20(30)26-16-7-3-5-9-18(16)32-21(24)25)33-22-28-27-19(29(22)14-10-11-14)12-31-17-8-4-2-6-15(17)23/h2-9,13-14,21H,10-12H2,1H3,(H,26,30)/t13-/m1/s1. The molecule has 1 heterocycles. The number of carbonyl (C=O) groups is 1. The summed E-state index contributed by atoms with van der Waals surface area (Å²) >= 11 is 7.39. The van der Waals surface area contributed by atoms with Gasteiger partial charge in [-0.15, -0.1) is 10.2 Å². The van der Waals surface area contributed by atoms with Crippen molar-refractivity contribution in [1.82, 2.24) is 14.8 Å². The zero-order valence-corrected chi connectivity index (χ0v) is 19.2. The second kappa shape index (κ2) is 10.4. The predicted octanol–water partition coefficient (Wildman–Crippen LogP) is 5.57.